The third kappa shape index (κ3) is 2.64. The van der Waals surface area contributed by atoms with Crippen LogP contribution >= 0.6 is 22.9 Å². The SMILES string of the molecule is CC(Cl)CC(=O)c1cccs1. The van der Waals surface area contributed by atoms with Crippen molar-refractivity contribution in [2.75, 3.05) is 0 Å². The fraction of sp³-hybridized carbons (Fsp3) is 0.375. The van der Waals surface area contributed by atoms with Gasteiger partial charge in [0.1, 0.15) is 0 Å². The van der Waals surface area contributed by atoms with E-state index in [1.807, 2.05) is 24.4 Å². The number of rotatable bonds is 3. The highest BCUT2D eigenvalue weighted by Crippen LogP contribution is 2.13. The number of carbonyl (C=O) groups excluding carboxylic acids is 1. The highest BCUT2D eigenvalue weighted by Gasteiger charge is 2.09. The molecule has 0 amide bonds. The zero-order valence-electron chi connectivity index (χ0n) is 6.21. The Morgan fingerprint density at radius 2 is 2.55 bits per heavy atom. The molecule has 11 heavy (non-hydrogen) atoms. The van der Waals surface area contributed by atoms with Gasteiger partial charge in [0.05, 0.1) is 4.88 Å². The molecule has 0 aliphatic heterocycles. The van der Waals surface area contributed by atoms with Gasteiger partial charge in [0.2, 0.25) is 0 Å². The molecule has 0 aliphatic carbocycles. The van der Waals surface area contributed by atoms with Gasteiger partial charge in [-0.2, -0.15) is 0 Å². The Morgan fingerprint density at radius 3 is 3.00 bits per heavy atom. The zero-order chi connectivity index (χ0) is 8.27. The van der Waals surface area contributed by atoms with Crippen LogP contribution in [0.1, 0.15) is 23.0 Å². The van der Waals surface area contributed by atoms with E-state index in [9.17, 15) is 4.79 Å². The fourth-order valence-corrected chi connectivity index (χ4v) is 1.61. The molecule has 0 radical (unpaired) electrons. The molecule has 0 N–H and O–H groups in total. The second kappa shape index (κ2) is 3.88. The van der Waals surface area contributed by atoms with E-state index in [4.69, 9.17) is 11.6 Å². The fourth-order valence-electron chi connectivity index (χ4n) is 0.793. The molecule has 0 saturated carbocycles. The van der Waals surface area contributed by atoms with Crippen LogP contribution in [0.2, 0.25) is 0 Å². The predicted molar refractivity (Wildman–Crippen MR) is 48.6 cm³/mol. The van der Waals surface area contributed by atoms with E-state index >= 15 is 0 Å². The van der Waals surface area contributed by atoms with Crippen molar-refractivity contribution >= 4 is 28.7 Å². The van der Waals surface area contributed by atoms with Gasteiger partial charge < -0.3 is 0 Å². The Kier molecular flexibility index (Phi) is 3.09. The maximum Gasteiger partial charge on any atom is 0.174 e. The van der Waals surface area contributed by atoms with Crippen LogP contribution in [0.25, 0.3) is 0 Å². The topological polar surface area (TPSA) is 17.1 Å². The molecule has 1 unspecified atom stereocenters. The summed E-state index contributed by atoms with van der Waals surface area (Å²) in [5.41, 5.74) is 0. The molecule has 1 rings (SSSR count). The lowest BCUT2D eigenvalue weighted by Crippen LogP contribution is -2.02. The Morgan fingerprint density at radius 1 is 1.82 bits per heavy atom. The summed E-state index contributed by atoms with van der Waals surface area (Å²) in [5.74, 6) is 0.141. The van der Waals surface area contributed by atoms with Crippen molar-refractivity contribution in [1.82, 2.24) is 0 Å². The number of ketones is 1. The van der Waals surface area contributed by atoms with Crippen LogP contribution in [0, 0.1) is 0 Å². The first-order chi connectivity index (χ1) is 5.20. The van der Waals surface area contributed by atoms with Gasteiger partial charge in [-0.05, 0) is 18.4 Å². The van der Waals surface area contributed by atoms with E-state index in [0.29, 0.717) is 6.42 Å². The van der Waals surface area contributed by atoms with Gasteiger partial charge in [0, 0.05) is 11.8 Å². The maximum atomic E-state index is 11.2. The standard InChI is InChI=1S/C8H9ClOS/c1-6(9)5-7(10)8-3-2-4-11-8/h2-4,6H,5H2,1H3. The molecule has 0 aromatic carbocycles. The van der Waals surface area contributed by atoms with Crippen molar-refractivity contribution in [1.29, 1.82) is 0 Å². The van der Waals surface area contributed by atoms with E-state index in [1.165, 1.54) is 11.3 Å². The van der Waals surface area contributed by atoms with Crippen LogP contribution < -0.4 is 0 Å². The summed E-state index contributed by atoms with van der Waals surface area (Å²) in [6.45, 7) is 1.83. The highest BCUT2D eigenvalue weighted by atomic mass is 35.5. The molecule has 0 fully saturated rings. The molecule has 1 aromatic heterocycles. The van der Waals surface area contributed by atoms with Gasteiger partial charge in [-0.1, -0.05) is 6.07 Å². The quantitative estimate of drug-likeness (QED) is 0.527. The van der Waals surface area contributed by atoms with Gasteiger partial charge in [0.15, 0.2) is 5.78 Å². The van der Waals surface area contributed by atoms with Gasteiger partial charge in [0.25, 0.3) is 0 Å². The Bertz CT molecular complexity index is 228. The van der Waals surface area contributed by atoms with Crippen LogP contribution in [0.3, 0.4) is 0 Å². The van der Waals surface area contributed by atoms with Crippen LogP contribution in [-0.4, -0.2) is 11.2 Å². The lowest BCUT2D eigenvalue weighted by atomic mass is 10.2. The number of carbonyl (C=O) groups is 1. The van der Waals surface area contributed by atoms with Crippen molar-refractivity contribution < 1.29 is 4.79 Å². The van der Waals surface area contributed by atoms with Crippen molar-refractivity contribution in [3.63, 3.8) is 0 Å². The minimum absolute atomic E-state index is 0.0652. The van der Waals surface area contributed by atoms with Crippen LogP contribution in [0.5, 0.6) is 0 Å². The Labute approximate surface area is 75.0 Å². The summed E-state index contributed by atoms with van der Waals surface area (Å²) in [4.78, 5) is 12.0. The highest BCUT2D eigenvalue weighted by molar-refractivity contribution is 7.12. The Hall–Kier alpha value is -0.340. The number of Topliss-reactive ketones (excluding diaryl/α,β-unsaturated/α-hetero) is 1. The molecule has 0 aliphatic rings. The third-order valence-electron chi connectivity index (χ3n) is 1.26. The van der Waals surface area contributed by atoms with Crippen molar-refractivity contribution in [2.45, 2.75) is 18.7 Å². The molecule has 1 aromatic rings. The second-order valence-electron chi connectivity index (χ2n) is 2.39. The monoisotopic (exact) mass is 188 g/mol. The lowest BCUT2D eigenvalue weighted by Gasteiger charge is -1.98. The maximum absolute atomic E-state index is 11.2. The third-order valence-corrected chi connectivity index (χ3v) is 2.33. The van der Waals surface area contributed by atoms with E-state index in [2.05, 4.69) is 0 Å². The van der Waals surface area contributed by atoms with E-state index < -0.39 is 0 Å². The lowest BCUT2D eigenvalue weighted by molar-refractivity contribution is 0.0987. The second-order valence-corrected chi connectivity index (χ2v) is 4.08. The summed E-state index contributed by atoms with van der Waals surface area (Å²) in [5, 5.41) is 1.83. The van der Waals surface area contributed by atoms with E-state index in [-0.39, 0.29) is 11.2 Å². The summed E-state index contributed by atoms with van der Waals surface area (Å²) in [6.07, 6.45) is 0.433. The molecule has 1 heterocycles. The average molecular weight is 189 g/mol. The minimum Gasteiger partial charge on any atom is -0.293 e. The summed E-state index contributed by atoms with van der Waals surface area (Å²) in [7, 11) is 0. The molecule has 60 valence electrons. The first kappa shape index (κ1) is 8.75. The smallest absolute Gasteiger partial charge is 0.174 e. The number of hydrogen-bond acceptors (Lipinski definition) is 2. The van der Waals surface area contributed by atoms with Crippen LogP contribution in [0.4, 0.5) is 0 Å². The predicted octanol–water partition coefficient (Wildman–Crippen LogP) is 2.95. The number of alkyl halides is 1. The number of hydrogen-bond donors (Lipinski definition) is 0. The van der Waals surface area contributed by atoms with Crippen molar-refractivity contribution in [3.05, 3.63) is 22.4 Å². The number of halogens is 1. The molecular formula is C8H9ClOS. The van der Waals surface area contributed by atoms with Crippen LogP contribution in [-0.2, 0) is 0 Å². The minimum atomic E-state index is -0.0652. The normalized spacial score (nSPS) is 12.9. The molecule has 3 heteroatoms. The summed E-state index contributed by atoms with van der Waals surface area (Å²) in [6, 6.07) is 3.70. The van der Waals surface area contributed by atoms with Crippen molar-refractivity contribution in [3.8, 4) is 0 Å². The first-order valence-electron chi connectivity index (χ1n) is 3.41. The molecule has 0 bridgehead atoms. The zero-order valence-corrected chi connectivity index (χ0v) is 7.78. The molecule has 0 saturated heterocycles. The van der Waals surface area contributed by atoms with E-state index in [1.54, 1.807) is 0 Å². The van der Waals surface area contributed by atoms with Gasteiger partial charge in [-0.3, -0.25) is 4.79 Å². The Balaban J connectivity index is 2.57. The van der Waals surface area contributed by atoms with Crippen molar-refractivity contribution in [2.24, 2.45) is 0 Å². The van der Waals surface area contributed by atoms with Gasteiger partial charge in [-0.25, -0.2) is 0 Å². The molecule has 0 spiro atoms. The molecule has 1 atom stereocenters. The molecular weight excluding hydrogens is 180 g/mol. The first-order valence-corrected chi connectivity index (χ1v) is 4.72. The van der Waals surface area contributed by atoms with E-state index in [0.717, 1.165) is 4.88 Å². The average Bonchev–Trinajstić information content (AvgIpc) is 2.35. The summed E-state index contributed by atoms with van der Waals surface area (Å²) < 4.78 is 0. The van der Waals surface area contributed by atoms with Gasteiger partial charge >= 0.3 is 0 Å². The van der Waals surface area contributed by atoms with Crippen LogP contribution in [0.15, 0.2) is 17.5 Å². The molecule has 1 nitrogen and oxygen atoms in total. The summed E-state index contributed by atoms with van der Waals surface area (Å²) >= 11 is 7.14. The number of thiophene rings is 1. The largest absolute Gasteiger partial charge is 0.293 e. The van der Waals surface area contributed by atoms with Gasteiger partial charge in [-0.15, -0.1) is 22.9 Å².